The third-order valence-corrected chi connectivity index (χ3v) is 2.12. The molecule has 2 rings (SSSR count). The third kappa shape index (κ3) is 1.58. The Morgan fingerprint density at radius 3 is 2.67 bits per heavy atom. The van der Waals surface area contributed by atoms with Crippen LogP contribution in [-0.4, -0.2) is 37.1 Å². The highest BCUT2D eigenvalue weighted by molar-refractivity contribution is 5.83. The minimum absolute atomic E-state index is 0.119. The number of nitrogens with zero attached hydrogens (tertiary/aromatic N) is 3. The Balaban J connectivity index is 2.31. The number of aromatic carboxylic acids is 1. The first kappa shape index (κ1) is 9.38. The molecule has 0 unspecified atom stereocenters. The Labute approximate surface area is 84.0 Å². The summed E-state index contributed by atoms with van der Waals surface area (Å²) in [6.07, 6.45) is 0.305. The molecule has 0 aromatic carbocycles. The van der Waals surface area contributed by atoms with Crippen LogP contribution in [0.15, 0.2) is 6.20 Å². The average Bonchev–Trinajstić information content (AvgIpc) is 2.59. The van der Waals surface area contributed by atoms with Crippen molar-refractivity contribution in [3.05, 3.63) is 23.3 Å². The summed E-state index contributed by atoms with van der Waals surface area (Å²) in [5.41, 5.74) is 1.12. The maximum atomic E-state index is 10.7. The van der Waals surface area contributed by atoms with Crippen LogP contribution in [0.5, 0.6) is 0 Å². The molecule has 0 spiro atoms. The van der Waals surface area contributed by atoms with Gasteiger partial charge in [0.05, 0.1) is 18.8 Å². The van der Waals surface area contributed by atoms with E-state index in [2.05, 4.69) is 9.97 Å². The summed E-state index contributed by atoms with van der Waals surface area (Å²) in [6, 6.07) is 0. The van der Waals surface area contributed by atoms with Crippen LogP contribution in [0.25, 0.3) is 0 Å². The van der Waals surface area contributed by atoms with Gasteiger partial charge in [-0.2, -0.15) is 0 Å². The zero-order valence-electron chi connectivity index (χ0n) is 7.54. The molecule has 78 valence electrons. The molecule has 7 heteroatoms. The third-order valence-electron chi connectivity index (χ3n) is 2.12. The van der Waals surface area contributed by atoms with Crippen LogP contribution >= 0.6 is 0 Å². The van der Waals surface area contributed by atoms with E-state index in [1.165, 1.54) is 6.20 Å². The van der Waals surface area contributed by atoms with E-state index in [4.69, 9.17) is 10.2 Å². The highest BCUT2D eigenvalue weighted by atomic mass is 16.4. The van der Waals surface area contributed by atoms with Crippen molar-refractivity contribution in [2.75, 3.05) is 0 Å². The van der Waals surface area contributed by atoms with Gasteiger partial charge >= 0.3 is 12.1 Å². The Morgan fingerprint density at radius 2 is 2.07 bits per heavy atom. The number of aromatic nitrogens is 2. The molecule has 1 aromatic rings. The second-order valence-corrected chi connectivity index (χ2v) is 3.11. The van der Waals surface area contributed by atoms with E-state index in [9.17, 15) is 9.59 Å². The van der Waals surface area contributed by atoms with Crippen molar-refractivity contribution in [2.45, 2.75) is 13.1 Å². The highest BCUT2D eigenvalue weighted by Gasteiger charge is 2.25. The fourth-order valence-electron chi connectivity index (χ4n) is 1.39. The molecule has 0 fully saturated rings. The van der Waals surface area contributed by atoms with Crippen LogP contribution in [-0.2, 0) is 13.1 Å². The van der Waals surface area contributed by atoms with Crippen molar-refractivity contribution in [1.29, 1.82) is 0 Å². The van der Waals surface area contributed by atoms with Gasteiger partial charge < -0.3 is 10.2 Å². The molecule has 0 saturated heterocycles. The number of rotatable bonds is 1. The molecule has 0 radical (unpaired) electrons. The van der Waals surface area contributed by atoms with Gasteiger partial charge in [-0.25, -0.2) is 19.6 Å². The average molecular weight is 209 g/mol. The summed E-state index contributed by atoms with van der Waals surface area (Å²) in [5, 5.41) is 17.4. The first-order valence-corrected chi connectivity index (χ1v) is 4.14. The zero-order valence-corrected chi connectivity index (χ0v) is 7.54. The zero-order chi connectivity index (χ0) is 11.0. The largest absolute Gasteiger partial charge is 0.475 e. The Bertz CT molecular complexity index is 446. The van der Waals surface area contributed by atoms with Crippen LogP contribution in [0, 0.1) is 0 Å². The van der Waals surface area contributed by atoms with E-state index in [-0.39, 0.29) is 18.9 Å². The maximum absolute atomic E-state index is 10.7. The number of fused-ring (bicyclic) bond motifs is 1. The summed E-state index contributed by atoms with van der Waals surface area (Å²) >= 11 is 0. The Hall–Kier alpha value is -2.18. The molecular formula is C8H7N3O4. The lowest BCUT2D eigenvalue weighted by atomic mass is 10.3. The van der Waals surface area contributed by atoms with Crippen LogP contribution in [0.2, 0.25) is 0 Å². The van der Waals surface area contributed by atoms with Crippen LogP contribution < -0.4 is 0 Å². The summed E-state index contributed by atoms with van der Waals surface area (Å²) in [4.78, 5) is 29.7. The number of amides is 1. The fraction of sp³-hybridized carbons (Fsp3) is 0.250. The van der Waals surface area contributed by atoms with Crippen molar-refractivity contribution in [3.63, 3.8) is 0 Å². The predicted molar refractivity (Wildman–Crippen MR) is 46.3 cm³/mol. The van der Waals surface area contributed by atoms with E-state index in [1.807, 2.05) is 0 Å². The second kappa shape index (κ2) is 3.19. The Kier molecular flexibility index (Phi) is 2.00. The maximum Gasteiger partial charge on any atom is 0.407 e. The van der Waals surface area contributed by atoms with Gasteiger partial charge in [0, 0.05) is 11.8 Å². The summed E-state index contributed by atoms with van der Waals surface area (Å²) in [5.74, 6) is -1.52. The molecule has 1 aromatic heterocycles. The van der Waals surface area contributed by atoms with E-state index < -0.39 is 12.1 Å². The fourth-order valence-corrected chi connectivity index (χ4v) is 1.39. The molecule has 1 amide bonds. The van der Waals surface area contributed by atoms with Gasteiger partial charge in [0.25, 0.3) is 0 Å². The van der Waals surface area contributed by atoms with E-state index in [0.29, 0.717) is 11.3 Å². The standard InChI is InChI=1S/C8H7N3O4/c12-7(13)6-9-1-4-2-11(8(14)15)3-5(4)10-6/h1H,2-3H2,(H,12,13)(H,14,15). The van der Waals surface area contributed by atoms with Gasteiger partial charge in [0.2, 0.25) is 5.82 Å². The summed E-state index contributed by atoms with van der Waals surface area (Å²) in [7, 11) is 0. The number of carboxylic acid groups (broad SMARTS) is 2. The molecule has 1 aliphatic rings. The van der Waals surface area contributed by atoms with Gasteiger partial charge in [0.15, 0.2) is 0 Å². The van der Waals surface area contributed by atoms with E-state index >= 15 is 0 Å². The van der Waals surface area contributed by atoms with Crippen LogP contribution in [0.4, 0.5) is 4.79 Å². The monoisotopic (exact) mass is 209 g/mol. The van der Waals surface area contributed by atoms with Gasteiger partial charge in [-0.1, -0.05) is 0 Å². The van der Waals surface area contributed by atoms with Gasteiger partial charge in [0.1, 0.15) is 0 Å². The topological polar surface area (TPSA) is 104 Å². The van der Waals surface area contributed by atoms with Gasteiger partial charge in [-0.05, 0) is 0 Å². The lowest BCUT2D eigenvalue weighted by Crippen LogP contribution is -2.22. The number of carboxylic acids is 1. The van der Waals surface area contributed by atoms with E-state index in [1.54, 1.807) is 0 Å². The van der Waals surface area contributed by atoms with Crippen molar-refractivity contribution in [1.82, 2.24) is 14.9 Å². The number of hydrogen-bond acceptors (Lipinski definition) is 4. The molecule has 2 heterocycles. The lowest BCUT2D eigenvalue weighted by Gasteiger charge is -2.07. The minimum Gasteiger partial charge on any atom is -0.475 e. The molecular weight excluding hydrogens is 202 g/mol. The van der Waals surface area contributed by atoms with Crippen LogP contribution in [0.3, 0.4) is 0 Å². The molecule has 2 N–H and O–H groups in total. The van der Waals surface area contributed by atoms with Crippen molar-refractivity contribution >= 4 is 12.1 Å². The molecule has 7 nitrogen and oxygen atoms in total. The molecule has 1 aliphatic heterocycles. The lowest BCUT2D eigenvalue weighted by molar-refractivity contribution is 0.0683. The number of hydrogen-bond donors (Lipinski definition) is 2. The summed E-state index contributed by atoms with van der Waals surface area (Å²) < 4.78 is 0. The van der Waals surface area contributed by atoms with Gasteiger partial charge in [-0.3, -0.25) is 4.90 Å². The van der Waals surface area contributed by atoms with Crippen molar-refractivity contribution in [3.8, 4) is 0 Å². The quantitative estimate of drug-likeness (QED) is 0.683. The second-order valence-electron chi connectivity index (χ2n) is 3.11. The highest BCUT2D eigenvalue weighted by Crippen LogP contribution is 2.19. The molecule has 0 saturated carbocycles. The van der Waals surface area contributed by atoms with Crippen molar-refractivity contribution in [2.24, 2.45) is 0 Å². The molecule has 0 aliphatic carbocycles. The van der Waals surface area contributed by atoms with Crippen LogP contribution in [0.1, 0.15) is 21.9 Å². The normalized spacial score (nSPS) is 13.7. The smallest absolute Gasteiger partial charge is 0.407 e. The first-order valence-electron chi connectivity index (χ1n) is 4.14. The SMILES string of the molecule is O=C(O)c1ncc2c(n1)CN(C(=O)O)C2. The number of carbonyl (C=O) groups is 2. The predicted octanol–water partition coefficient (Wildman–Crippen LogP) is 0.168. The first-order chi connectivity index (χ1) is 7.08. The van der Waals surface area contributed by atoms with E-state index in [0.717, 1.165) is 4.90 Å². The van der Waals surface area contributed by atoms with Gasteiger partial charge in [-0.15, -0.1) is 0 Å². The molecule has 0 atom stereocenters. The van der Waals surface area contributed by atoms with Crippen molar-refractivity contribution < 1.29 is 19.8 Å². The minimum atomic E-state index is -1.22. The molecule has 15 heavy (non-hydrogen) atoms. The Morgan fingerprint density at radius 1 is 1.33 bits per heavy atom. The molecule has 0 bridgehead atoms. The summed E-state index contributed by atoms with van der Waals surface area (Å²) in [6.45, 7) is 0.331.